The highest BCUT2D eigenvalue weighted by atomic mass is 79.9. The van der Waals surface area contributed by atoms with Crippen LogP contribution in [-0.2, 0) is 13.0 Å². The van der Waals surface area contributed by atoms with Gasteiger partial charge in [-0.25, -0.2) is 4.98 Å². The monoisotopic (exact) mass is 271 g/mol. The first-order valence-electron chi connectivity index (χ1n) is 5.69. The molecule has 15 heavy (non-hydrogen) atoms. The molecule has 1 aromatic heterocycles. The average Bonchev–Trinajstić information content (AvgIpc) is 2.55. The van der Waals surface area contributed by atoms with Crippen LogP contribution in [0.15, 0.2) is 4.60 Å². The van der Waals surface area contributed by atoms with E-state index in [4.69, 9.17) is 10.7 Å². The molecule has 0 aromatic carbocycles. The molecule has 0 radical (unpaired) electrons. The van der Waals surface area contributed by atoms with Gasteiger partial charge in [0.05, 0.1) is 5.69 Å². The van der Waals surface area contributed by atoms with Crippen molar-refractivity contribution in [3.05, 3.63) is 16.1 Å². The van der Waals surface area contributed by atoms with Gasteiger partial charge in [-0.3, -0.25) is 0 Å². The van der Waals surface area contributed by atoms with Crippen LogP contribution in [0.25, 0.3) is 0 Å². The SMILES string of the molecule is CC1CCCn2c1nc(CCCN)c2Br. The Balaban J connectivity index is 2.26. The molecule has 1 unspecified atom stereocenters. The summed E-state index contributed by atoms with van der Waals surface area (Å²) in [6.07, 6.45) is 4.53. The fourth-order valence-electron chi connectivity index (χ4n) is 2.20. The summed E-state index contributed by atoms with van der Waals surface area (Å²) < 4.78 is 3.50. The summed E-state index contributed by atoms with van der Waals surface area (Å²) in [4.78, 5) is 4.73. The van der Waals surface area contributed by atoms with Crippen molar-refractivity contribution in [2.75, 3.05) is 6.54 Å². The Morgan fingerprint density at radius 1 is 1.60 bits per heavy atom. The first-order chi connectivity index (χ1) is 7.24. The minimum atomic E-state index is 0.599. The van der Waals surface area contributed by atoms with Gasteiger partial charge >= 0.3 is 0 Å². The number of nitrogens with two attached hydrogens (primary N) is 1. The summed E-state index contributed by atoms with van der Waals surface area (Å²) in [6.45, 7) is 4.11. The van der Waals surface area contributed by atoms with Gasteiger partial charge in [-0.2, -0.15) is 0 Å². The van der Waals surface area contributed by atoms with E-state index in [9.17, 15) is 0 Å². The zero-order valence-corrected chi connectivity index (χ0v) is 10.8. The number of aryl methyl sites for hydroxylation is 1. The molecule has 0 saturated carbocycles. The largest absolute Gasteiger partial charge is 0.330 e. The lowest BCUT2D eigenvalue weighted by molar-refractivity contribution is 0.459. The van der Waals surface area contributed by atoms with Crippen LogP contribution in [0.3, 0.4) is 0 Å². The third kappa shape index (κ3) is 2.11. The number of halogens is 1. The van der Waals surface area contributed by atoms with E-state index < -0.39 is 0 Å². The van der Waals surface area contributed by atoms with Gasteiger partial charge < -0.3 is 10.3 Å². The van der Waals surface area contributed by atoms with E-state index in [1.165, 1.54) is 29.0 Å². The topological polar surface area (TPSA) is 43.8 Å². The Bertz CT molecular complexity index is 346. The zero-order valence-electron chi connectivity index (χ0n) is 9.17. The van der Waals surface area contributed by atoms with Gasteiger partial charge in [0.25, 0.3) is 0 Å². The molecular weight excluding hydrogens is 254 g/mol. The van der Waals surface area contributed by atoms with Crippen LogP contribution >= 0.6 is 15.9 Å². The first kappa shape index (κ1) is 11.1. The first-order valence-corrected chi connectivity index (χ1v) is 6.48. The maximum absolute atomic E-state index is 5.53. The standard InChI is InChI=1S/C11H18BrN3/c1-8-4-3-7-15-10(12)9(5-2-6-13)14-11(8)15/h8H,2-7,13H2,1H3. The van der Waals surface area contributed by atoms with Crippen molar-refractivity contribution in [2.45, 2.75) is 45.1 Å². The molecule has 0 spiro atoms. The molecule has 0 bridgehead atoms. The number of hydrogen-bond donors (Lipinski definition) is 1. The summed E-state index contributed by atoms with van der Waals surface area (Å²) in [7, 11) is 0. The van der Waals surface area contributed by atoms with Gasteiger partial charge in [0.15, 0.2) is 0 Å². The molecular formula is C11H18BrN3. The second-order valence-electron chi connectivity index (χ2n) is 4.29. The van der Waals surface area contributed by atoms with Gasteiger partial charge in [0, 0.05) is 12.5 Å². The molecule has 1 aliphatic heterocycles. The van der Waals surface area contributed by atoms with E-state index in [1.807, 2.05) is 0 Å². The molecule has 1 aliphatic rings. The second kappa shape index (κ2) is 4.66. The van der Waals surface area contributed by atoms with Crippen LogP contribution in [0.4, 0.5) is 0 Å². The maximum atomic E-state index is 5.53. The predicted octanol–water partition coefficient (Wildman–Crippen LogP) is 2.43. The summed E-state index contributed by atoms with van der Waals surface area (Å²) in [6, 6.07) is 0. The molecule has 2 heterocycles. The molecule has 0 aliphatic carbocycles. The number of aromatic nitrogens is 2. The fraction of sp³-hybridized carbons (Fsp3) is 0.727. The highest BCUT2D eigenvalue weighted by Crippen LogP contribution is 2.31. The van der Waals surface area contributed by atoms with E-state index in [1.54, 1.807) is 0 Å². The summed E-state index contributed by atoms with van der Waals surface area (Å²) >= 11 is 3.65. The summed E-state index contributed by atoms with van der Waals surface area (Å²) in [5.41, 5.74) is 6.71. The van der Waals surface area contributed by atoms with E-state index >= 15 is 0 Å². The predicted molar refractivity (Wildman–Crippen MR) is 65.0 cm³/mol. The van der Waals surface area contributed by atoms with Crippen molar-refractivity contribution in [3.8, 4) is 0 Å². The number of hydrogen-bond acceptors (Lipinski definition) is 2. The van der Waals surface area contributed by atoms with Crippen molar-refractivity contribution in [2.24, 2.45) is 5.73 Å². The van der Waals surface area contributed by atoms with Crippen LogP contribution in [0, 0.1) is 0 Å². The number of imidazole rings is 1. The minimum absolute atomic E-state index is 0.599. The van der Waals surface area contributed by atoms with Gasteiger partial charge in [0.1, 0.15) is 10.4 Å². The Hall–Kier alpha value is -0.350. The van der Waals surface area contributed by atoms with Gasteiger partial charge in [0.2, 0.25) is 0 Å². The fourth-order valence-corrected chi connectivity index (χ4v) is 2.85. The zero-order chi connectivity index (χ0) is 10.8. The van der Waals surface area contributed by atoms with E-state index in [0.29, 0.717) is 5.92 Å². The van der Waals surface area contributed by atoms with Gasteiger partial charge in [-0.1, -0.05) is 6.92 Å². The van der Waals surface area contributed by atoms with Crippen molar-refractivity contribution in [1.29, 1.82) is 0 Å². The maximum Gasteiger partial charge on any atom is 0.112 e. The Morgan fingerprint density at radius 3 is 3.07 bits per heavy atom. The molecule has 0 saturated heterocycles. The quantitative estimate of drug-likeness (QED) is 0.918. The average molecular weight is 272 g/mol. The van der Waals surface area contributed by atoms with Crippen LogP contribution in [0.1, 0.15) is 43.6 Å². The van der Waals surface area contributed by atoms with Gasteiger partial charge in [-0.15, -0.1) is 0 Å². The summed E-state index contributed by atoms with van der Waals surface area (Å²) in [5, 5.41) is 0. The summed E-state index contributed by atoms with van der Waals surface area (Å²) in [5.74, 6) is 1.85. The molecule has 0 fully saturated rings. The highest BCUT2D eigenvalue weighted by Gasteiger charge is 2.22. The third-order valence-corrected chi connectivity index (χ3v) is 3.96. The lowest BCUT2D eigenvalue weighted by Crippen LogP contribution is -2.13. The van der Waals surface area contributed by atoms with E-state index in [0.717, 1.165) is 25.9 Å². The molecule has 1 aromatic rings. The molecule has 1 atom stereocenters. The molecule has 4 heteroatoms. The Labute approximate surface area is 99.2 Å². The van der Waals surface area contributed by atoms with Crippen molar-refractivity contribution < 1.29 is 0 Å². The number of nitrogens with zero attached hydrogens (tertiary/aromatic N) is 2. The lowest BCUT2D eigenvalue weighted by atomic mass is 10.0. The van der Waals surface area contributed by atoms with Crippen LogP contribution in [-0.4, -0.2) is 16.1 Å². The molecule has 0 amide bonds. The number of fused-ring (bicyclic) bond motifs is 1. The minimum Gasteiger partial charge on any atom is -0.330 e. The molecule has 2 N–H and O–H groups in total. The van der Waals surface area contributed by atoms with E-state index in [-0.39, 0.29) is 0 Å². The van der Waals surface area contributed by atoms with Crippen LogP contribution < -0.4 is 5.73 Å². The van der Waals surface area contributed by atoms with Crippen molar-refractivity contribution in [1.82, 2.24) is 9.55 Å². The number of rotatable bonds is 3. The van der Waals surface area contributed by atoms with Crippen LogP contribution in [0.2, 0.25) is 0 Å². The highest BCUT2D eigenvalue weighted by molar-refractivity contribution is 9.10. The lowest BCUT2D eigenvalue weighted by Gasteiger charge is -2.20. The normalized spacial score (nSPS) is 20.3. The van der Waals surface area contributed by atoms with Gasteiger partial charge in [-0.05, 0) is 48.2 Å². The molecule has 3 nitrogen and oxygen atoms in total. The smallest absolute Gasteiger partial charge is 0.112 e. The van der Waals surface area contributed by atoms with E-state index in [2.05, 4.69) is 27.4 Å². The second-order valence-corrected chi connectivity index (χ2v) is 5.05. The third-order valence-electron chi connectivity index (χ3n) is 3.08. The van der Waals surface area contributed by atoms with Crippen molar-refractivity contribution in [3.63, 3.8) is 0 Å². The molecule has 2 rings (SSSR count). The Morgan fingerprint density at radius 2 is 2.40 bits per heavy atom. The van der Waals surface area contributed by atoms with Crippen LogP contribution in [0.5, 0.6) is 0 Å². The molecule has 84 valence electrons. The van der Waals surface area contributed by atoms with Crippen molar-refractivity contribution >= 4 is 15.9 Å². The Kier molecular flexibility index (Phi) is 3.46.